The van der Waals surface area contributed by atoms with Gasteiger partial charge in [-0.15, -0.1) is 0 Å². The van der Waals surface area contributed by atoms with Crippen LogP contribution in [0.3, 0.4) is 0 Å². The molecule has 5 rings (SSSR count). The molecule has 1 amide bonds. The van der Waals surface area contributed by atoms with Crippen LogP contribution < -0.4 is 20.1 Å². The largest absolute Gasteiger partial charge is 0.454 e. The van der Waals surface area contributed by atoms with Crippen molar-refractivity contribution in [1.29, 1.82) is 0 Å². The molecule has 0 bridgehead atoms. The molecule has 2 aliphatic rings. The number of benzene rings is 3. The summed E-state index contributed by atoms with van der Waals surface area (Å²) in [5.41, 5.74) is 6.34. The maximum Gasteiger partial charge on any atom is 0.256 e. The third kappa shape index (κ3) is 2.97. The lowest BCUT2D eigenvalue weighted by Crippen LogP contribution is -2.03. The number of carbonyl (C=O) groups excluding carboxylic acids is 1. The number of amides is 1. The van der Waals surface area contributed by atoms with Crippen LogP contribution in [0.25, 0.3) is 11.6 Å². The fourth-order valence-corrected chi connectivity index (χ4v) is 3.38. The van der Waals surface area contributed by atoms with E-state index in [1.165, 1.54) is 5.56 Å². The van der Waals surface area contributed by atoms with Gasteiger partial charge in [0.05, 0.1) is 0 Å². The smallest absolute Gasteiger partial charge is 0.256 e. The lowest BCUT2D eigenvalue weighted by molar-refractivity contribution is -0.110. The van der Waals surface area contributed by atoms with Gasteiger partial charge < -0.3 is 20.1 Å². The lowest BCUT2D eigenvalue weighted by atomic mass is 10.0. The van der Waals surface area contributed by atoms with Crippen molar-refractivity contribution in [3.63, 3.8) is 0 Å². The summed E-state index contributed by atoms with van der Waals surface area (Å²) >= 11 is 0. The number of nitrogens with one attached hydrogen (secondary N) is 2. The second-order valence-corrected chi connectivity index (χ2v) is 6.88. The van der Waals surface area contributed by atoms with E-state index in [0.717, 1.165) is 33.9 Å². The van der Waals surface area contributed by atoms with E-state index >= 15 is 0 Å². The Hall–Kier alpha value is -3.73. The van der Waals surface area contributed by atoms with Crippen molar-refractivity contribution in [2.24, 2.45) is 0 Å². The first kappa shape index (κ1) is 16.4. The molecule has 0 atom stereocenters. The van der Waals surface area contributed by atoms with Gasteiger partial charge in [-0.25, -0.2) is 0 Å². The highest BCUT2D eigenvalue weighted by Gasteiger charge is 2.24. The third-order valence-electron chi connectivity index (χ3n) is 4.85. The van der Waals surface area contributed by atoms with Gasteiger partial charge in [0.15, 0.2) is 11.5 Å². The summed E-state index contributed by atoms with van der Waals surface area (Å²) in [6.45, 7) is 2.29. The van der Waals surface area contributed by atoms with E-state index in [4.69, 9.17) is 9.47 Å². The Bertz CT molecular complexity index is 1120. The maximum atomic E-state index is 12.5. The van der Waals surface area contributed by atoms with E-state index in [1.807, 2.05) is 54.6 Å². The summed E-state index contributed by atoms with van der Waals surface area (Å²) in [6, 6.07) is 19.7. The summed E-state index contributed by atoms with van der Waals surface area (Å²) < 4.78 is 10.8. The number of aryl methyl sites for hydroxylation is 1. The van der Waals surface area contributed by atoms with Gasteiger partial charge in [0.2, 0.25) is 6.79 Å². The van der Waals surface area contributed by atoms with Crippen molar-refractivity contribution in [3.8, 4) is 11.5 Å². The summed E-state index contributed by atoms with van der Waals surface area (Å²) in [6.07, 6.45) is 1.87. The zero-order valence-electron chi connectivity index (χ0n) is 15.3. The first-order valence-electron chi connectivity index (χ1n) is 9.06. The second kappa shape index (κ2) is 6.46. The molecule has 0 spiro atoms. The Morgan fingerprint density at radius 1 is 0.929 bits per heavy atom. The van der Waals surface area contributed by atoms with Crippen molar-refractivity contribution >= 4 is 34.6 Å². The Morgan fingerprint density at radius 2 is 1.71 bits per heavy atom. The minimum absolute atomic E-state index is 0.111. The van der Waals surface area contributed by atoms with Crippen molar-refractivity contribution in [1.82, 2.24) is 0 Å². The second-order valence-electron chi connectivity index (χ2n) is 6.88. The molecule has 0 aliphatic carbocycles. The molecule has 2 N–H and O–H groups in total. The van der Waals surface area contributed by atoms with Gasteiger partial charge in [0.25, 0.3) is 5.91 Å². The number of hydrogen-bond donors (Lipinski definition) is 2. The molecule has 3 aromatic rings. The quantitative estimate of drug-likeness (QED) is 0.640. The number of rotatable bonds is 3. The fraction of sp³-hybridized carbons (Fsp3) is 0.0870. The molecule has 0 saturated carbocycles. The van der Waals surface area contributed by atoms with Gasteiger partial charge in [0.1, 0.15) is 0 Å². The number of ether oxygens (including phenoxy) is 2. The minimum atomic E-state index is -0.111. The van der Waals surface area contributed by atoms with E-state index < -0.39 is 0 Å². The van der Waals surface area contributed by atoms with E-state index in [1.54, 1.807) is 0 Å². The van der Waals surface area contributed by atoms with Crippen LogP contribution in [0.5, 0.6) is 11.5 Å². The van der Waals surface area contributed by atoms with E-state index in [2.05, 4.69) is 29.7 Å². The summed E-state index contributed by atoms with van der Waals surface area (Å²) in [5.74, 6) is 1.31. The highest BCUT2D eigenvalue weighted by Crippen LogP contribution is 2.38. The Balaban J connectivity index is 1.48. The molecule has 138 valence electrons. The van der Waals surface area contributed by atoms with Gasteiger partial charge in [-0.3, -0.25) is 4.79 Å². The molecule has 2 aliphatic heterocycles. The van der Waals surface area contributed by atoms with E-state index in [9.17, 15) is 4.79 Å². The van der Waals surface area contributed by atoms with Crippen LogP contribution in [-0.4, -0.2) is 12.7 Å². The molecule has 5 nitrogen and oxygen atoms in total. The van der Waals surface area contributed by atoms with Crippen LogP contribution >= 0.6 is 0 Å². The third-order valence-corrected chi connectivity index (χ3v) is 4.85. The lowest BCUT2D eigenvalue weighted by Gasteiger charge is -2.09. The maximum absolute atomic E-state index is 12.5. The average molecular weight is 370 g/mol. The fourth-order valence-electron chi connectivity index (χ4n) is 3.38. The molecule has 0 unspecified atom stereocenters. The Morgan fingerprint density at radius 3 is 2.57 bits per heavy atom. The van der Waals surface area contributed by atoms with Crippen molar-refractivity contribution < 1.29 is 14.3 Å². The molecular formula is C23H18N2O3. The predicted molar refractivity (Wildman–Crippen MR) is 110 cm³/mol. The SMILES string of the molecule is Cc1ccc(Nc2ccc3c(c2)/C(=C\c2ccc4c(c2)OCO4)C(=O)N3)cc1. The van der Waals surface area contributed by atoms with Crippen molar-refractivity contribution in [3.05, 3.63) is 77.4 Å². The number of carbonyl (C=O) groups is 1. The predicted octanol–water partition coefficient (Wildman–Crippen LogP) is 4.96. The number of hydrogen-bond acceptors (Lipinski definition) is 4. The molecule has 0 radical (unpaired) electrons. The van der Waals surface area contributed by atoms with Crippen LogP contribution in [0.2, 0.25) is 0 Å². The zero-order chi connectivity index (χ0) is 19.1. The Labute approximate surface area is 162 Å². The van der Waals surface area contributed by atoms with Gasteiger partial charge in [-0.1, -0.05) is 23.8 Å². The molecule has 0 fully saturated rings. The van der Waals surface area contributed by atoms with Crippen molar-refractivity contribution in [2.45, 2.75) is 6.92 Å². The van der Waals surface area contributed by atoms with Gasteiger partial charge in [-0.2, -0.15) is 0 Å². The monoisotopic (exact) mass is 370 g/mol. The minimum Gasteiger partial charge on any atom is -0.454 e. The summed E-state index contributed by atoms with van der Waals surface area (Å²) in [4.78, 5) is 12.5. The standard InChI is InChI=1S/C23H18N2O3/c1-14-2-5-16(6-3-14)24-17-7-8-20-18(12-17)19(23(26)25-20)10-15-4-9-21-22(11-15)28-13-27-21/h2-12,24H,13H2,1H3,(H,25,26)/b19-10+. The molecule has 5 heteroatoms. The van der Waals surface area contributed by atoms with Gasteiger partial charge in [-0.05, 0) is 61.0 Å². The highest BCUT2D eigenvalue weighted by atomic mass is 16.7. The summed E-state index contributed by atoms with van der Waals surface area (Å²) in [5, 5.41) is 6.32. The van der Waals surface area contributed by atoms with Crippen LogP contribution in [0.15, 0.2) is 60.7 Å². The number of anilines is 3. The Kier molecular flexibility index (Phi) is 3.79. The van der Waals surface area contributed by atoms with Gasteiger partial charge in [0, 0.05) is 28.2 Å². The average Bonchev–Trinajstić information content (AvgIpc) is 3.28. The topological polar surface area (TPSA) is 59.6 Å². The summed E-state index contributed by atoms with van der Waals surface area (Å²) in [7, 11) is 0. The molecule has 28 heavy (non-hydrogen) atoms. The van der Waals surface area contributed by atoms with Crippen LogP contribution in [-0.2, 0) is 4.79 Å². The first-order chi connectivity index (χ1) is 13.7. The van der Waals surface area contributed by atoms with E-state index in [0.29, 0.717) is 11.3 Å². The van der Waals surface area contributed by atoms with Crippen LogP contribution in [0.1, 0.15) is 16.7 Å². The highest BCUT2D eigenvalue weighted by molar-refractivity contribution is 6.35. The van der Waals surface area contributed by atoms with Crippen LogP contribution in [0.4, 0.5) is 17.1 Å². The first-order valence-corrected chi connectivity index (χ1v) is 9.06. The molecule has 0 aromatic heterocycles. The van der Waals surface area contributed by atoms with E-state index in [-0.39, 0.29) is 12.7 Å². The van der Waals surface area contributed by atoms with Crippen LogP contribution in [0, 0.1) is 6.92 Å². The number of fused-ring (bicyclic) bond motifs is 2. The zero-order valence-corrected chi connectivity index (χ0v) is 15.3. The molecule has 0 saturated heterocycles. The van der Waals surface area contributed by atoms with Gasteiger partial charge >= 0.3 is 0 Å². The van der Waals surface area contributed by atoms with Crippen molar-refractivity contribution in [2.75, 3.05) is 17.4 Å². The molecule has 2 heterocycles. The normalized spacial score (nSPS) is 15.5. The molecule has 3 aromatic carbocycles. The molecular weight excluding hydrogens is 352 g/mol.